The third kappa shape index (κ3) is 6.42. The van der Waals surface area contributed by atoms with Crippen molar-refractivity contribution in [2.24, 2.45) is 5.92 Å². The van der Waals surface area contributed by atoms with Crippen LogP contribution >= 0.6 is 11.8 Å². The molecule has 0 radical (unpaired) electrons. The van der Waals surface area contributed by atoms with E-state index in [2.05, 4.69) is 26.9 Å². The first-order valence-electron chi connectivity index (χ1n) is 10.0. The highest BCUT2D eigenvalue weighted by molar-refractivity contribution is 7.99. The molecule has 7 nitrogen and oxygen atoms in total. The number of anilines is 1. The second-order valence-electron chi connectivity index (χ2n) is 7.74. The lowest BCUT2D eigenvalue weighted by Gasteiger charge is -2.12. The van der Waals surface area contributed by atoms with Crippen molar-refractivity contribution in [1.82, 2.24) is 15.5 Å². The number of hydrogen-bond donors (Lipinski definition) is 2. The second-order valence-corrected chi connectivity index (χ2v) is 8.66. The Labute approximate surface area is 186 Å². The van der Waals surface area contributed by atoms with Gasteiger partial charge in [0.25, 0.3) is 11.1 Å². The number of aryl methyl sites for hydroxylation is 2. The number of nitrogens with one attached hydrogen (secondary N) is 2. The molecule has 1 aromatic heterocycles. The van der Waals surface area contributed by atoms with Crippen LogP contribution < -0.4 is 10.6 Å². The lowest BCUT2D eigenvalue weighted by atomic mass is 10.1. The van der Waals surface area contributed by atoms with Crippen LogP contribution in [0, 0.1) is 19.8 Å². The molecule has 162 valence electrons. The number of thioether (sulfide) groups is 1. The summed E-state index contributed by atoms with van der Waals surface area (Å²) in [6.07, 6.45) is 0. The number of nitrogens with zero attached hydrogens (tertiary/aromatic N) is 2. The first-order chi connectivity index (χ1) is 14.8. The van der Waals surface area contributed by atoms with Gasteiger partial charge < -0.3 is 15.1 Å². The van der Waals surface area contributed by atoms with Crippen LogP contribution in [-0.2, 0) is 4.79 Å². The molecule has 1 heterocycles. The minimum Gasteiger partial charge on any atom is -0.411 e. The van der Waals surface area contributed by atoms with Crippen molar-refractivity contribution in [3.63, 3.8) is 0 Å². The molecule has 0 aliphatic carbocycles. The fourth-order valence-electron chi connectivity index (χ4n) is 2.98. The van der Waals surface area contributed by atoms with Gasteiger partial charge in [0.2, 0.25) is 11.8 Å². The molecule has 0 saturated heterocycles. The third-order valence-corrected chi connectivity index (χ3v) is 5.14. The number of aromatic nitrogens is 2. The highest BCUT2D eigenvalue weighted by atomic mass is 32.2. The van der Waals surface area contributed by atoms with Gasteiger partial charge in [-0.2, -0.15) is 0 Å². The molecule has 0 atom stereocenters. The minimum atomic E-state index is -0.264. The van der Waals surface area contributed by atoms with Gasteiger partial charge in [0.15, 0.2) is 0 Å². The quantitative estimate of drug-likeness (QED) is 0.504. The molecule has 2 aromatic carbocycles. The summed E-state index contributed by atoms with van der Waals surface area (Å²) in [5.74, 6) is 0.357. The average Bonchev–Trinajstić information content (AvgIpc) is 3.19. The number of carbonyl (C=O) groups excluding carboxylic acids is 2. The Hall–Kier alpha value is -3.13. The van der Waals surface area contributed by atoms with Gasteiger partial charge >= 0.3 is 0 Å². The Morgan fingerprint density at radius 1 is 1.06 bits per heavy atom. The van der Waals surface area contributed by atoms with Gasteiger partial charge in [0, 0.05) is 12.1 Å². The zero-order chi connectivity index (χ0) is 22.4. The van der Waals surface area contributed by atoms with Crippen LogP contribution in [0.5, 0.6) is 0 Å². The van der Waals surface area contributed by atoms with Gasteiger partial charge in [-0.1, -0.05) is 54.9 Å². The lowest BCUT2D eigenvalue weighted by molar-refractivity contribution is -0.113. The Bertz CT molecular complexity index is 1060. The summed E-state index contributed by atoms with van der Waals surface area (Å²) < 4.78 is 5.69. The summed E-state index contributed by atoms with van der Waals surface area (Å²) in [6, 6.07) is 13.0. The second kappa shape index (κ2) is 10.3. The maximum Gasteiger partial charge on any atom is 0.277 e. The molecular formula is C23H26N4O3S. The zero-order valence-corrected chi connectivity index (χ0v) is 18.9. The average molecular weight is 439 g/mol. The SMILES string of the molecule is Cc1cc(C)cc(-c2nnc(SCC(=O)Nc3ccccc3C(=O)NCC(C)C)o2)c1. The normalized spacial score (nSPS) is 10.9. The smallest absolute Gasteiger partial charge is 0.277 e. The first kappa shape index (κ1) is 22.6. The summed E-state index contributed by atoms with van der Waals surface area (Å²) in [5, 5.41) is 14.1. The number of para-hydroxylation sites is 1. The molecule has 8 heteroatoms. The largest absolute Gasteiger partial charge is 0.411 e. The molecule has 0 fully saturated rings. The van der Waals surface area contributed by atoms with Gasteiger partial charge in [-0.3, -0.25) is 9.59 Å². The maximum atomic E-state index is 12.4. The fourth-order valence-corrected chi connectivity index (χ4v) is 3.54. The van der Waals surface area contributed by atoms with Crippen molar-refractivity contribution in [1.29, 1.82) is 0 Å². The molecule has 0 saturated carbocycles. The van der Waals surface area contributed by atoms with E-state index < -0.39 is 0 Å². The molecule has 0 aliphatic heterocycles. The van der Waals surface area contributed by atoms with Gasteiger partial charge in [-0.05, 0) is 44.0 Å². The van der Waals surface area contributed by atoms with E-state index in [9.17, 15) is 9.59 Å². The van der Waals surface area contributed by atoms with E-state index >= 15 is 0 Å². The standard InChI is InChI=1S/C23H26N4O3S/c1-14(2)12-24-21(29)18-7-5-6-8-19(18)25-20(28)13-31-23-27-26-22(30-23)17-10-15(3)9-16(4)11-17/h5-11,14H,12-13H2,1-4H3,(H,24,29)(H,25,28). The lowest BCUT2D eigenvalue weighted by Crippen LogP contribution is -2.28. The van der Waals surface area contributed by atoms with Gasteiger partial charge in [-0.15, -0.1) is 10.2 Å². The Morgan fingerprint density at radius 3 is 2.48 bits per heavy atom. The molecule has 0 bridgehead atoms. The van der Waals surface area contributed by atoms with Crippen LogP contribution in [0.4, 0.5) is 5.69 Å². The zero-order valence-electron chi connectivity index (χ0n) is 18.1. The summed E-state index contributed by atoms with van der Waals surface area (Å²) in [7, 11) is 0. The van der Waals surface area contributed by atoms with Crippen molar-refractivity contribution < 1.29 is 14.0 Å². The van der Waals surface area contributed by atoms with Gasteiger partial charge in [-0.25, -0.2) is 0 Å². The molecule has 3 rings (SSSR count). The predicted molar refractivity (Wildman–Crippen MR) is 122 cm³/mol. The van der Waals surface area contributed by atoms with Crippen LogP contribution in [0.25, 0.3) is 11.5 Å². The number of benzene rings is 2. The summed E-state index contributed by atoms with van der Waals surface area (Å²) in [5.41, 5.74) is 3.96. The molecule has 31 heavy (non-hydrogen) atoms. The molecule has 0 unspecified atom stereocenters. The highest BCUT2D eigenvalue weighted by Gasteiger charge is 2.15. The van der Waals surface area contributed by atoms with Crippen molar-refractivity contribution in [2.75, 3.05) is 17.6 Å². The molecule has 2 amide bonds. The third-order valence-electron chi connectivity index (χ3n) is 4.32. The Morgan fingerprint density at radius 2 is 1.77 bits per heavy atom. The van der Waals surface area contributed by atoms with Crippen molar-refractivity contribution in [3.8, 4) is 11.5 Å². The number of amides is 2. The van der Waals surface area contributed by atoms with E-state index in [1.165, 1.54) is 0 Å². The van der Waals surface area contributed by atoms with Crippen LogP contribution in [-0.4, -0.2) is 34.3 Å². The number of carbonyl (C=O) groups is 2. The number of rotatable bonds is 8. The van der Waals surface area contributed by atoms with Crippen LogP contribution in [0.1, 0.15) is 35.3 Å². The maximum absolute atomic E-state index is 12.4. The topological polar surface area (TPSA) is 97.1 Å². The van der Waals surface area contributed by atoms with Gasteiger partial charge in [0.05, 0.1) is 17.0 Å². The number of hydrogen-bond acceptors (Lipinski definition) is 6. The molecule has 2 N–H and O–H groups in total. The Balaban J connectivity index is 1.60. The van der Waals surface area contributed by atoms with Crippen LogP contribution in [0.3, 0.4) is 0 Å². The van der Waals surface area contributed by atoms with Crippen molar-refractivity contribution in [2.45, 2.75) is 32.9 Å². The first-order valence-corrected chi connectivity index (χ1v) is 11.0. The summed E-state index contributed by atoms with van der Waals surface area (Å²) in [4.78, 5) is 24.9. The van der Waals surface area contributed by atoms with Crippen LogP contribution in [0.2, 0.25) is 0 Å². The van der Waals surface area contributed by atoms with E-state index in [4.69, 9.17) is 4.42 Å². The van der Waals surface area contributed by atoms with Crippen LogP contribution in [0.15, 0.2) is 52.1 Å². The van der Waals surface area contributed by atoms with Gasteiger partial charge in [0.1, 0.15) is 0 Å². The van der Waals surface area contributed by atoms with E-state index in [1.54, 1.807) is 24.3 Å². The molecule has 0 spiro atoms. The monoisotopic (exact) mass is 438 g/mol. The van der Waals surface area contributed by atoms with E-state index in [0.29, 0.717) is 34.8 Å². The minimum absolute atomic E-state index is 0.0798. The highest BCUT2D eigenvalue weighted by Crippen LogP contribution is 2.25. The molecular weight excluding hydrogens is 412 g/mol. The summed E-state index contributed by atoms with van der Waals surface area (Å²) >= 11 is 1.15. The van der Waals surface area contributed by atoms with Crippen molar-refractivity contribution >= 4 is 29.3 Å². The van der Waals surface area contributed by atoms with E-state index in [1.807, 2.05) is 39.8 Å². The predicted octanol–water partition coefficient (Wildman–Crippen LogP) is 4.47. The molecule has 0 aliphatic rings. The summed E-state index contributed by atoms with van der Waals surface area (Å²) in [6.45, 7) is 8.63. The van der Waals surface area contributed by atoms with E-state index in [0.717, 1.165) is 28.5 Å². The van der Waals surface area contributed by atoms with Crippen molar-refractivity contribution in [3.05, 3.63) is 59.2 Å². The Kier molecular flexibility index (Phi) is 7.46. The fraction of sp³-hybridized carbons (Fsp3) is 0.304. The molecule has 3 aromatic rings. The van der Waals surface area contributed by atoms with E-state index in [-0.39, 0.29) is 17.6 Å².